The van der Waals surface area contributed by atoms with E-state index in [0.717, 1.165) is 6.42 Å². The van der Waals surface area contributed by atoms with Crippen molar-refractivity contribution < 1.29 is 4.79 Å². The minimum Gasteiger partial charge on any atom is -0.294 e. The van der Waals surface area contributed by atoms with Crippen LogP contribution in [0, 0.1) is 0 Å². The van der Waals surface area contributed by atoms with Crippen LogP contribution in [0.3, 0.4) is 0 Å². The molecule has 4 heteroatoms. The Hall–Kier alpha value is -0.830. The largest absolute Gasteiger partial charge is 0.294 e. The smallest absolute Gasteiger partial charge is 0.163 e. The summed E-state index contributed by atoms with van der Waals surface area (Å²) >= 11 is 13.4. The lowest BCUT2D eigenvalue weighted by Gasteiger charge is -2.02. The quantitative estimate of drug-likeness (QED) is 0.732. The first kappa shape index (κ1) is 12.6. The zero-order valence-electron chi connectivity index (χ0n) is 8.95. The fourth-order valence-corrected chi connectivity index (χ4v) is 2.79. The zero-order chi connectivity index (χ0) is 12.3. The van der Waals surface area contributed by atoms with Crippen LogP contribution in [0.2, 0.25) is 10.0 Å². The monoisotopic (exact) mass is 284 g/mol. The van der Waals surface area contributed by atoms with Gasteiger partial charge in [0.2, 0.25) is 0 Å². The number of rotatable bonds is 4. The van der Waals surface area contributed by atoms with Gasteiger partial charge in [-0.3, -0.25) is 4.79 Å². The normalized spacial score (nSPS) is 10.5. The van der Waals surface area contributed by atoms with E-state index in [4.69, 9.17) is 23.2 Å². The molecule has 0 atom stereocenters. The Balaban J connectivity index is 2.04. The van der Waals surface area contributed by atoms with Crippen LogP contribution >= 0.6 is 34.5 Å². The molecule has 0 radical (unpaired) electrons. The predicted octanol–water partition coefficient (Wildman–Crippen LogP) is 4.87. The fourth-order valence-electron chi connectivity index (χ4n) is 1.55. The molecule has 0 amide bonds. The summed E-state index contributed by atoms with van der Waals surface area (Å²) in [6.45, 7) is 0. The highest BCUT2D eigenvalue weighted by Crippen LogP contribution is 2.21. The van der Waals surface area contributed by atoms with Crippen molar-refractivity contribution in [3.8, 4) is 0 Å². The summed E-state index contributed by atoms with van der Waals surface area (Å²) in [5.74, 6) is 0.0720. The molecule has 17 heavy (non-hydrogen) atoms. The second kappa shape index (κ2) is 5.67. The predicted molar refractivity (Wildman–Crippen MR) is 73.4 cm³/mol. The summed E-state index contributed by atoms with van der Waals surface area (Å²) in [4.78, 5) is 13.1. The lowest BCUT2D eigenvalue weighted by molar-refractivity contribution is 0.0983. The van der Waals surface area contributed by atoms with E-state index >= 15 is 0 Å². The molecule has 1 nitrogen and oxygen atoms in total. The minimum absolute atomic E-state index is 0.0720. The van der Waals surface area contributed by atoms with E-state index in [9.17, 15) is 4.79 Å². The molecule has 1 aromatic carbocycles. The Kier molecular flexibility index (Phi) is 4.21. The summed E-state index contributed by atoms with van der Waals surface area (Å²) in [6.07, 6.45) is 1.25. The number of Topliss-reactive ketones (excluding diaryl/α,β-unsaturated/α-hetero) is 1. The van der Waals surface area contributed by atoms with Crippen molar-refractivity contribution in [2.45, 2.75) is 12.8 Å². The fraction of sp³-hybridized carbons (Fsp3) is 0.154. The first-order valence-corrected chi connectivity index (χ1v) is 6.80. The maximum atomic E-state index is 11.9. The van der Waals surface area contributed by atoms with Gasteiger partial charge in [-0.05, 0) is 36.1 Å². The van der Waals surface area contributed by atoms with Gasteiger partial charge >= 0.3 is 0 Å². The van der Waals surface area contributed by atoms with Gasteiger partial charge in [-0.15, -0.1) is 11.3 Å². The Bertz CT molecular complexity index is 500. The Labute approximate surface area is 114 Å². The number of hydrogen-bond acceptors (Lipinski definition) is 2. The number of thiophene rings is 1. The van der Waals surface area contributed by atoms with Crippen molar-refractivity contribution >= 4 is 40.3 Å². The highest BCUT2D eigenvalue weighted by atomic mass is 35.5. The number of carbonyl (C=O) groups excluding carboxylic acids is 1. The van der Waals surface area contributed by atoms with Crippen LogP contribution in [-0.2, 0) is 6.42 Å². The maximum absolute atomic E-state index is 11.9. The molecule has 2 rings (SSSR count). The van der Waals surface area contributed by atoms with Gasteiger partial charge < -0.3 is 0 Å². The van der Waals surface area contributed by atoms with Crippen molar-refractivity contribution in [3.05, 3.63) is 56.2 Å². The Morgan fingerprint density at radius 1 is 1.18 bits per heavy atom. The molecule has 0 unspecified atom stereocenters. The molecule has 0 fully saturated rings. The van der Waals surface area contributed by atoms with Crippen LogP contribution in [0.15, 0.2) is 35.7 Å². The SMILES string of the molecule is O=C(CCc1cccs1)c1cc(Cl)cc(Cl)c1. The molecule has 1 heterocycles. The van der Waals surface area contributed by atoms with Gasteiger partial charge in [0.25, 0.3) is 0 Å². The number of carbonyl (C=O) groups is 1. The van der Waals surface area contributed by atoms with Gasteiger partial charge in [0.1, 0.15) is 0 Å². The molecule has 0 spiro atoms. The minimum atomic E-state index is 0.0720. The number of halogens is 2. The van der Waals surface area contributed by atoms with Gasteiger partial charge in [0, 0.05) is 26.9 Å². The van der Waals surface area contributed by atoms with Crippen molar-refractivity contribution in [3.63, 3.8) is 0 Å². The molecular formula is C13H10Cl2OS. The van der Waals surface area contributed by atoms with Gasteiger partial charge in [-0.2, -0.15) is 0 Å². The Morgan fingerprint density at radius 2 is 1.88 bits per heavy atom. The number of hydrogen-bond donors (Lipinski definition) is 0. The molecule has 0 saturated carbocycles. The lowest BCUT2D eigenvalue weighted by atomic mass is 10.1. The molecule has 0 saturated heterocycles. The molecule has 0 N–H and O–H groups in total. The average molecular weight is 285 g/mol. The second-order valence-corrected chi connectivity index (χ2v) is 5.57. The highest BCUT2D eigenvalue weighted by molar-refractivity contribution is 7.09. The van der Waals surface area contributed by atoms with E-state index in [1.54, 1.807) is 29.5 Å². The molecule has 2 aromatic rings. The third kappa shape index (κ3) is 3.56. The van der Waals surface area contributed by atoms with Crippen molar-refractivity contribution in [1.29, 1.82) is 0 Å². The third-order valence-corrected chi connectivity index (χ3v) is 3.74. The summed E-state index contributed by atoms with van der Waals surface area (Å²) < 4.78 is 0. The van der Waals surface area contributed by atoms with Crippen molar-refractivity contribution in [2.75, 3.05) is 0 Å². The molecule has 88 valence electrons. The van der Waals surface area contributed by atoms with E-state index in [2.05, 4.69) is 0 Å². The molecule has 1 aromatic heterocycles. The van der Waals surface area contributed by atoms with Crippen LogP contribution < -0.4 is 0 Å². The molecule has 0 bridgehead atoms. The van der Waals surface area contributed by atoms with Crippen molar-refractivity contribution in [2.24, 2.45) is 0 Å². The molecule has 0 aliphatic carbocycles. The zero-order valence-corrected chi connectivity index (χ0v) is 11.3. The number of aryl methyl sites for hydroxylation is 1. The van der Waals surface area contributed by atoms with E-state index in [-0.39, 0.29) is 5.78 Å². The van der Waals surface area contributed by atoms with Gasteiger partial charge in [-0.1, -0.05) is 29.3 Å². The second-order valence-electron chi connectivity index (χ2n) is 3.66. The first-order chi connectivity index (χ1) is 8.15. The summed E-state index contributed by atoms with van der Waals surface area (Å²) in [5, 5.41) is 3.00. The number of benzene rings is 1. The van der Waals surface area contributed by atoms with Gasteiger partial charge in [0.05, 0.1) is 0 Å². The topological polar surface area (TPSA) is 17.1 Å². The van der Waals surface area contributed by atoms with E-state index in [1.807, 2.05) is 17.5 Å². The summed E-state index contributed by atoms with van der Waals surface area (Å²) in [7, 11) is 0. The van der Waals surface area contributed by atoms with Crippen LogP contribution in [0.1, 0.15) is 21.7 Å². The lowest BCUT2D eigenvalue weighted by Crippen LogP contribution is -2.00. The summed E-state index contributed by atoms with van der Waals surface area (Å²) in [6, 6.07) is 8.96. The third-order valence-electron chi connectivity index (χ3n) is 2.36. The molecular weight excluding hydrogens is 275 g/mol. The molecule has 0 aliphatic heterocycles. The van der Waals surface area contributed by atoms with Gasteiger partial charge in [-0.25, -0.2) is 0 Å². The highest BCUT2D eigenvalue weighted by Gasteiger charge is 2.08. The van der Waals surface area contributed by atoms with Gasteiger partial charge in [0.15, 0.2) is 5.78 Å². The van der Waals surface area contributed by atoms with Crippen LogP contribution in [0.4, 0.5) is 0 Å². The molecule has 0 aliphatic rings. The van der Waals surface area contributed by atoms with E-state index in [0.29, 0.717) is 22.0 Å². The standard InChI is InChI=1S/C13H10Cl2OS/c14-10-6-9(7-11(15)8-10)13(16)4-3-12-2-1-5-17-12/h1-2,5-8H,3-4H2. The maximum Gasteiger partial charge on any atom is 0.163 e. The van der Waals surface area contributed by atoms with E-state index < -0.39 is 0 Å². The van der Waals surface area contributed by atoms with Crippen LogP contribution in [0.25, 0.3) is 0 Å². The number of ketones is 1. The first-order valence-electron chi connectivity index (χ1n) is 5.17. The Morgan fingerprint density at radius 3 is 2.47 bits per heavy atom. The van der Waals surface area contributed by atoms with Crippen LogP contribution in [0.5, 0.6) is 0 Å². The van der Waals surface area contributed by atoms with Crippen LogP contribution in [-0.4, -0.2) is 5.78 Å². The van der Waals surface area contributed by atoms with E-state index in [1.165, 1.54) is 4.88 Å². The van der Waals surface area contributed by atoms with Crippen molar-refractivity contribution in [1.82, 2.24) is 0 Å². The summed E-state index contributed by atoms with van der Waals surface area (Å²) in [5.41, 5.74) is 0.582. The average Bonchev–Trinajstić information content (AvgIpc) is 2.77.